The molecule has 0 saturated heterocycles. The molecule has 19 heavy (non-hydrogen) atoms. The molecule has 6 heteroatoms. The number of amides is 1. The minimum atomic E-state index is -4.21. The summed E-state index contributed by atoms with van der Waals surface area (Å²) in [6, 6.07) is 13.9. The van der Waals surface area contributed by atoms with Gasteiger partial charge < -0.3 is 5.32 Å². The predicted molar refractivity (Wildman–Crippen MR) is 70.7 cm³/mol. The number of rotatable bonds is 3. The molecule has 0 fully saturated rings. The summed E-state index contributed by atoms with van der Waals surface area (Å²) in [7, 11) is -4.21. The van der Waals surface area contributed by atoms with E-state index in [0.717, 1.165) is 0 Å². The van der Waals surface area contributed by atoms with Crippen LogP contribution in [-0.4, -0.2) is 18.9 Å². The zero-order valence-corrected chi connectivity index (χ0v) is 10.6. The van der Waals surface area contributed by atoms with Gasteiger partial charge in [-0.25, -0.2) is 0 Å². The molecule has 0 atom stereocenters. The number of nitrogens with one attached hydrogen (secondary N) is 1. The number of carbonyl (C=O) groups excluding carboxylic acids is 1. The van der Waals surface area contributed by atoms with Crippen molar-refractivity contribution in [3.05, 3.63) is 60.2 Å². The molecule has 0 aliphatic heterocycles. The molecule has 2 aromatic carbocycles. The molecule has 1 amide bonds. The van der Waals surface area contributed by atoms with Gasteiger partial charge in [0.1, 0.15) is 0 Å². The van der Waals surface area contributed by atoms with Crippen LogP contribution < -0.4 is 5.32 Å². The van der Waals surface area contributed by atoms with Gasteiger partial charge in [0.05, 0.1) is 4.90 Å². The van der Waals surface area contributed by atoms with E-state index in [1.54, 1.807) is 30.3 Å². The topological polar surface area (TPSA) is 83.5 Å². The molecule has 2 aromatic rings. The smallest absolute Gasteiger partial charge is 0.294 e. The first-order chi connectivity index (χ1) is 8.97. The van der Waals surface area contributed by atoms with Gasteiger partial charge in [0.2, 0.25) is 0 Å². The molecular formula is C13H11NO4S. The molecule has 0 unspecified atom stereocenters. The number of hydrogen-bond acceptors (Lipinski definition) is 3. The highest BCUT2D eigenvalue weighted by Crippen LogP contribution is 2.14. The van der Waals surface area contributed by atoms with Crippen molar-refractivity contribution in [3.63, 3.8) is 0 Å². The highest BCUT2D eigenvalue weighted by molar-refractivity contribution is 7.85. The Bertz CT molecular complexity index is 678. The second-order valence-corrected chi connectivity index (χ2v) is 5.24. The van der Waals surface area contributed by atoms with E-state index < -0.39 is 10.1 Å². The fourth-order valence-electron chi connectivity index (χ4n) is 1.50. The summed E-state index contributed by atoms with van der Waals surface area (Å²) in [5.74, 6) is -0.291. The van der Waals surface area contributed by atoms with Crippen LogP contribution in [0.5, 0.6) is 0 Å². The maximum atomic E-state index is 11.8. The Kier molecular flexibility index (Phi) is 3.64. The van der Waals surface area contributed by atoms with Crippen molar-refractivity contribution >= 4 is 21.7 Å². The summed E-state index contributed by atoms with van der Waals surface area (Å²) in [4.78, 5) is 11.6. The number of hydrogen-bond donors (Lipinski definition) is 2. The van der Waals surface area contributed by atoms with Crippen LogP contribution in [0.4, 0.5) is 5.69 Å². The van der Waals surface area contributed by atoms with E-state index in [1.165, 1.54) is 24.3 Å². The maximum Gasteiger partial charge on any atom is 0.294 e. The molecule has 98 valence electrons. The third-order valence-corrected chi connectivity index (χ3v) is 3.31. The molecule has 0 heterocycles. The lowest BCUT2D eigenvalue weighted by Crippen LogP contribution is -2.11. The van der Waals surface area contributed by atoms with Crippen molar-refractivity contribution in [2.45, 2.75) is 4.90 Å². The average molecular weight is 277 g/mol. The molecule has 0 saturated carbocycles. The molecule has 2 rings (SSSR count). The highest BCUT2D eigenvalue weighted by Gasteiger charge is 2.09. The van der Waals surface area contributed by atoms with Crippen molar-refractivity contribution < 1.29 is 17.8 Å². The summed E-state index contributed by atoms with van der Waals surface area (Å²) in [5.41, 5.74) is 0.947. The Morgan fingerprint density at radius 3 is 2.05 bits per heavy atom. The lowest BCUT2D eigenvalue weighted by atomic mass is 10.2. The van der Waals surface area contributed by atoms with Gasteiger partial charge >= 0.3 is 0 Å². The zero-order valence-electron chi connectivity index (χ0n) is 9.78. The van der Waals surface area contributed by atoms with Crippen LogP contribution in [0.25, 0.3) is 0 Å². The van der Waals surface area contributed by atoms with E-state index in [-0.39, 0.29) is 10.8 Å². The van der Waals surface area contributed by atoms with Crippen LogP contribution in [0.15, 0.2) is 59.5 Å². The summed E-state index contributed by atoms with van der Waals surface area (Å²) < 4.78 is 30.5. The molecule has 2 N–H and O–H groups in total. The highest BCUT2D eigenvalue weighted by atomic mass is 32.2. The largest absolute Gasteiger partial charge is 0.322 e. The van der Waals surface area contributed by atoms with Gasteiger partial charge in [-0.15, -0.1) is 0 Å². The molecular weight excluding hydrogens is 266 g/mol. The van der Waals surface area contributed by atoms with E-state index in [0.29, 0.717) is 11.3 Å². The first-order valence-electron chi connectivity index (χ1n) is 5.41. The maximum absolute atomic E-state index is 11.8. The zero-order chi connectivity index (χ0) is 13.9. The van der Waals surface area contributed by atoms with Gasteiger partial charge in [0.15, 0.2) is 0 Å². The SMILES string of the molecule is O=C(Nc1ccc(S(=O)(=O)O)cc1)c1ccccc1. The van der Waals surface area contributed by atoms with Gasteiger partial charge in [-0.2, -0.15) is 8.42 Å². The van der Waals surface area contributed by atoms with Crippen LogP contribution in [0.1, 0.15) is 10.4 Å². The lowest BCUT2D eigenvalue weighted by Gasteiger charge is -2.05. The Hall–Kier alpha value is -2.18. The van der Waals surface area contributed by atoms with E-state index in [2.05, 4.69) is 5.32 Å². The second kappa shape index (κ2) is 5.21. The van der Waals surface area contributed by atoms with Crippen molar-refractivity contribution in [3.8, 4) is 0 Å². The normalized spacial score (nSPS) is 11.0. The van der Waals surface area contributed by atoms with Crippen LogP contribution in [0.3, 0.4) is 0 Å². The summed E-state index contributed by atoms with van der Waals surface area (Å²) in [6.07, 6.45) is 0. The molecule has 0 aromatic heterocycles. The van der Waals surface area contributed by atoms with Crippen LogP contribution in [0.2, 0.25) is 0 Å². The van der Waals surface area contributed by atoms with Crippen LogP contribution >= 0.6 is 0 Å². The van der Waals surface area contributed by atoms with E-state index >= 15 is 0 Å². The van der Waals surface area contributed by atoms with Crippen molar-refractivity contribution in [2.24, 2.45) is 0 Å². The van der Waals surface area contributed by atoms with Gasteiger partial charge in [-0.3, -0.25) is 9.35 Å². The van der Waals surface area contributed by atoms with Crippen molar-refractivity contribution in [2.75, 3.05) is 5.32 Å². The van der Waals surface area contributed by atoms with Gasteiger partial charge in [0, 0.05) is 11.3 Å². The molecule has 0 aliphatic carbocycles. The first kappa shape index (κ1) is 13.3. The van der Waals surface area contributed by atoms with Gasteiger partial charge in [-0.1, -0.05) is 18.2 Å². The predicted octanol–water partition coefficient (Wildman–Crippen LogP) is 2.19. The quantitative estimate of drug-likeness (QED) is 0.842. The van der Waals surface area contributed by atoms with Crippen LogP contribution in [0, 0.1) is 0 Å². The molecule has 0 aliphatic rings. The molecule has 0 bridgehead atoms. The fourth-order valence-corrected chi connectivity index (χ4v) is 1.98. The van der Waals surface area contributed by atoms with Gasteiger partial charge in [-0.05, 0) is 36.4 Å². The second-order valence-electron chi connectivity index (χ2n) is 3.82. The Labute approximate surface area is 110 Å². The fraction of sp³-hybridized carbons (Fsp3) is 0. The first-order valence-corrected chi connectivity index (χ1v) is 6.85. The monoisotopic (exact) mass is 277 g/mol. The summed E-state index contributed by atoms with van der Waals surface area (Å²) in [5, 5.41) is 2.62. The van der Waals surface area contributed by atoms with E-state index in [9.17, 15) is 13.2 Å². The Morgan fingerprint density at radius 1 is 0.947 bits per heavy atom. The third-order valence-electron chi connectivity index (χ3n) is 2.45. The van der Waals surface area contributed by atoms with Crippen LogP contribution in [-0.2, 0) is 10.1 Å². The standard InChI is InChI=1S/C13H11NO4S/c15-13(10-4-2-1-3-5-10)14-11-6-8-12(9-7-11)19(16,17)18/h1-9H,(H,14,15)(H,16,17,18). The number of anilines is 1. The number of benzene rings is 2. The Balaban J connectivity index is 2.15. The number of carbonyl (C=O) groups is 1. The molecule has 5 nitrogen and oxygen atoms in total. The van der Waals surface area contributed by atoms with E-state index in [1.807, 2.05) is 0 Å². The van der Waals surface area contributed by atoms with Crippen molar-refractivity contribution in [1.82, 2.24) is 0 Å². The minimum Gasteiger partial charge on any atom is -0.322 e. The molecule has 0 spiro atoms. The summed E-state index contributed by atoms with van der Waals surface area (Å²) in [6.45, 7) is 0. The average Bonchev–Trinajstić information content (AvgIpc) is 2.39. The lowest BCUT2D eigenvalue weighted by molar-refractivity contribution is 0.102. The van der Waals surface area contributed by atoms with Gasteiger partial charge in [0.25, 0.3) is 16.0 Å². The molecule has 0 radical (unpaired) electrons. The van der Waals surface area contributed by atoms with E-state index in [4.69, 9.17) is 4.55 Å². The Morgan fingerprint density at radius 2 is 1.53 bits per heavy atom. The third kappa shape index (κ3) is 3.40. The minimum absolute atomic E-state index is 0.217. The van der Waals surface area contributed by atoms with Crippen molar-refractivity contribution in [1.29, 1.82) is 0 Å². The summed E-state index contributed by atoms with van der Waals surface area (Å²) >= 11 is 0.